The largest absolute Gasteiger partial charge is 0.452 e. The normalized spacial score (nSPS) is 13.6. The van der Waals surface area contributed by atoms with Crippen LogP contribution in [0.25, 0.3) is 0 Å². The predicted octanol–water partition coefficient (Wildman–Crippen LogP) is 2.35. The van der Waals surface area contributed by atoms with Gasteiger partial charge in [0.05, 0.1) is 5.56 Å². The van der Waals surface area contributed by atoms with Crippen LogP contribution in [0.5, 0.6) is 0 Å². The summed E-state index contributed by atoms with van der Waals surface area (Å²) in [5.41, 5.74) is 2.42. The third-order valence-electron chi connectivity index (χ3n) is 3.66. The quantitative estimate of drug-likeness (QED) is 0.832. The molecule has 2 N–H and O–H groups in total. The van der Waals surface area contributed by atoms with Gasteiger partial charge in [-0.05, 0) is 69.7 Å². The molecule has 0 unspecified atom stereocenters. The molecule has 6 heteroatoms. The second-order valence-electron chi connectivity index (χ2n) is 7.02. The highest BCUT2D eigenvalue weighted by Gasteiger charge is 2.18. The van der Waals surface area contributed by atoms with E-state index >= 15 is 0 Å². The monoisotopic (exact) mass is 332 g/mol. The second-order valence-corrected chi connectivity index (χ2v) is 7.02. The number of esters is 1. The second kappa shape index (κ2) is 7.47. The lowest BCUT2D eigenvalue weighted by atomic mass is 9.90. The lowest BCUT2D eigenvalue weighted by Crippen LogP contribution is -2.49. The van der Waals surface area contributed by atoms with Crippen molar-refractivity contribution < 1.29 is 19.1 Å². The summed E-state index contributed by atoms with van der Waals surface area (Å²) in [7, 11) is 0. The number of imide groups is 1. The number of amides is 3. The molecule has 24 heavy (non-hydrogen) atoms. The third-order valence-corrected chi connectivity index (χ3v) is 3.66. The zero-order valence-corrected chi connectivity index (χ0v) is 14.4. The average molecular weight is 332 g/mol. The number of urea groups is 1. The van der Waals surface area contributed by atoms with Crippen LogP contribution in [0.3, 0.4) is 0 Å². The molecular weight excluding hydrogens is 308 g/mol. The number of carbonyl (C=O) groups excluding carboxylic acids is 3. The molecule has 0 saturated carbocycles. The number of nitrogens with one attached hydrogen (secondary N) is 2. The Labute approximate surface area is 142 Å². The molecule has 130 valence electrons. The maximum atomic E-state index is 12.0. The van der Waals surface area contributed by atoms with Gasteiger partial charge < -0.3 is 10.1 Å². The number of rotatable bonds is 3. The Morgan fingerprint density at radius 1 is 1.08 bits per heavy atom. The number of hydrogen-bond acceptors (Lipinski definition) is 4. The number of carbonyl (C=O) groups is 3. The lowest BCUT2D eigenvalue weighted by Gasteiger charge is -2.20. The van der Waals surface area contributed by atoms with Crippen molar-refractivity contribution in [1.29, 1.82) is 0 Å². The molecule has 1 aromatic rings. The van der Waals surface area contributed by atoms with Crippen LogP contribution in [0, 0.1) is 0 Å². The standard InChI is InChI=1S/C18H24N2O4/c1-18(2,3)20-17(23)19-15(21)11-24-16(22)14-9-8-12-6-4-5-7-13(12)10-14/h8-10H,4-7,11H2,1-3H3,(H2,19,20,21,23). The molecule has 0 heterocycles. The Kier molecular flexibility index (Phi) is 5.59. The van der Waals surface area contributed by atoms with Crippen molar-refractivity contribution in [2.75, 3.05) is 6.61 Å². The van der Waals surface area contributed by atoms with Gasteiger partial charge in [-0.2, -0.15) is 0 Å². The zero-order valence-electron chi connectivity index (χ0n) is 14.4. The van der Waals surface area contributed by atoms with E-state index in [0.717, 1.165) is 19.3 Å². The van der Waals surface area contributed by atoms with Crippen molar-refractivity contribution in [2.45, 2.75) is 52.0 Å². The van der Waals surface area contributed by atoms with E-state index in [4.69, 9.17) is 4.74 Å². The summed E-state index contributed by atoms with van der Waals surface area (Å²) in [6.07, 6.45) is 4.30. The molecule has 0 saturated heterocycles. The molecule has 0 spiro atoms. The first-order valence-electron chi connectivity index (χ1n) is 8.15. The fourth-order valence-electron chi connectivity index (χ4n) is 2.61. The van der Waals surface area contributed by atoms with Crippen LogP contribution in [0.1, 0.15) is 55.1 Å². The van der Waals surface area contributed by atoms with E-state index in [9.17, 15) is 14.4 Å². The van der Waals surface area contributed by atoms with E-state index in [1.54, 1.807) is 26.8 Å². The molecule has 0 aromatic heterocycles. The van der Waals surface area contributed by atoms with Crippen LogP contribution in [-0.2, 0) is 22.4 Å². The maximum absolute atomic E-state index is 12.0. The fraction of sp³-hybridized carbons (Fsp3) is 0.500. The van der Waals surface area contributed by atoms with Crippen LogP contribution in [0.2, 0.25) is 0 Å². The molecule has 6 nitrogen and oxygen atoms in total. The minimum absolute atomic E-state index is 0.433. The smallest absolute Gasteiger partial charge is 0.338 e. The Bertz CT molecular complexity index is 647. The topological polar surface area (TPSA) is 84.5 Å². The summed E-state index contributed by atoms with van der Waals surface area (Å²) in [5.74, 6) is -1.22. The van der Waals surface area contributed by atoms with Gasteiger partial charge in [0.25, 0.3) is 5.91 Å². The molecule has 3 amide bonds. The molecule has 0 radical (unpaired) electrons. The van der Waals surface area contributed by atoms with Crippen LogP contribution >= 0.6 is 0 Å². The predicted molar refractivity (Wildman–Crippen MR) is 89.8 cm³/mol. The molecule has 0 atom stereocenters. The van der Waals surface area contributed by atoms with Crippen LogP contribution < -0.4 is 10.6 Å². The first-order chi connectivity index (χ1) is 11.2. The molecule has 1 aliphatic carbocycles. The Balaban J connectivity index is 1.84. The summed E-state index contributed by atoms with van der Waals surface area (Å²) in [5, 5.41) is 4.72. The molecular formula is C18H24N2O4. The van der Waals surface area contributed by atoms with Gasteiger partial charge in [0, 0.05) is 5.54 Å². The number of fused-ring (bicyclic) bond motifs is 1. The highest BCUT2D eigenvalue weighted by atomic mass is 16.5. The first kappa shape index (κ1) is 18.0. The van der Waals surface area contributed by atoms with Crippen molar-refractivity contribution in [2.24, 2.45) is 0 Å². The SMILES string of the molecule is CC(C)(C)NC(=O)NC(=O)COC(=O)c1ccc2c(c1)CCCC2. The lowest BCUT2D eigenvalue weighted by molar-refractivity contribution is -0.123. The van der Waals surface area contributed by atoms with Gasteiger partial charge in [0.1, 0.15) is 0 Å². The summed E-state index contributed by atoms with van der Waals surface area (Å²) in [6.45, 7) is 4.90. The van der Waals surface area contributed by atoms with E-state index in [1.165, 1.54) is 17.5 Å². The van der Waals surface area contributed by atoms with E-state index in [2.05, 4.69) is 10.6 Å². The Hall–Kier alpha value is -2.37. The van der Waals surface area contributed by atoms with E-state index in [-0.39, 0.29) is 0 Å². The van der Waals surface area contributed by atoms with Gasteiger partial charge in [-0.15, -0.1) is 0 Å². The van der Waals surface area contributed by atoms with Gasteiger partial charge in [0.15, 0.2) is 6.61 Å². The van der Waals surface area contributed by atoms with Crippen molar-refractivity contribution in [1.82, 2.24) is 10.6 Å². The summed E-state index contributed by atoms with van der Waals surface area (Å²) < 4.78 is 4.98. The van der Waals surface area contributed by atoms with Gasteiger partial charge in [0.2, 0.25) is 0 Å². The fourth-order valence-corrected chi connectivity index (χ4v) is 2.61. The van der Waals surface area contributed by atoms with Gasteiger partial charge >= 0.3 is 12.0 Å². The first-order valence-corrected chi connectivity index (χ1v) is 8.15. The van der Waals surface area contributed by atoms with Gasteiger partial charge in [-0.1, -0.05) is 6.07 Å². The highest BCUT2D eigenvalue weighted by molar-refractivity contribution is 5.97. The Morgan fingerprint density at radius 3 is 2.42 bits per heavy atom. The molecule has 0 bridgehead atoms. The van der Waals surface area contributed by atoms with E-state index in [1.807, 2.05) is 12.1 Å². The number of hydrogen-bond donors (Lipinski definition) is 2. The zero-order chi connectivity index (χ0) is 17.7. The van der Waals surface area contributed by atoms with E-state index < -0.39 is 30.1 Å². The van der Waals surface area contributed by atoms with Crippen molar-refractivity contribution in [3.05, 3.63) is 34.9 Å². The molecule has 0 aliphatic heterocycles. The molecule has 1 aromatic carbocycles. The number of aryl methyl sites for hydroxylation is 2. The van der Waals surface area contributed by atoms with Gasteiger partial charge in [-0.25, -0.2) is 9.59 Å². The van der Waals surface area contributed by atoms with Crippen LogP contribution in [0.15, 0.2) is 18.2 Å². The average Bonchev–Trinajstić information content (AvgIpc) is 2.50. The van der Waals surface area contributed by atoms with Gasteiger partial charge in [-0.3, -0.25) is 10.1 Å². The van der Waals surface area contributed by atoms with Crippen molar-refractivity contribution in [3.8, 4) is 0 Å². The minimum atomic E-state index is -0.664. The van der Waals surface area contributed by atoms with Crippen LogP contribution in [-0.4, -0.2) is 30.1 Å². The maximum Gasteiger partial charge on any atom is 0.338 e. The van der Waals surface area contributed by atoms with Crippen LogP contribution in [0.4, 0.5) is 4.79 Å². The van der Waals surface area contributed by atoms with E-state index in [0.29, 0.717) is 5.56 Å². The number of ether oxygens (including phenoxy) is 1. The summed E-state index contributed by atoms with van der Waals surface area (Å²) >= 11 is 0. The Morgan fingerprint density at radius 2 is 1.75 bits per heavy atom. The highest BCUT2D eigenvalue weighted by Crippen LogP contribution is 2.22. The molecule has 0 fully saturated rings. The van der Waals surface area contributed by atoms with Crippen molar-refractivity contribution >= 4 is 17.9 Å². The summed E-state index contributed by atoms with van der Waals surface area (Å²) in [6, 6.07) is 4.89. The third kappa shape index (κ3) is 5.37. The summed E-state index contributed by atoms with van der Waals surface area (Å²) in [4.78, 5) is 35.3. The minimum Gasteiger partial charge on any atom is -0.452 e. The molecule has 1 aliphatic rings. The number of benzene rings is 1. The molecule has 2 rings (SSSR count). The van der Waals surface area contributed by atoms with Crippen molar-refractivity contribution in [3.63, 3.8) is 0 Å².